The summed E-state index contributed by atoms with van der Waals surface area (Å²) in [6, 6.07) is 6.79. The predicted octanol–water partition coefficient (Wildman–Crippen LogP) is 2.65. The van der Waals surface area contributed by atoms with Gasteiger partial charge in [-0.2, -0.15) is 0 Å². The minimum absolute atomic E-state index is 0.470. The van der Waals surface area contributed by atoms with Gasteiger partial charge in [-0.25, -0.2) is 0 Å². The third-order valence-corrected chi connectivity index (χ3v) is 3.43. The van der Waals surface area contributed by atoms with Gasteiger partial charge >= 0.3 is 0 Å². The molecule has 114 valence electrons. The molecule has 4 nitrogen and oxygen atoms in total. The lowest BCUT2D eigenvalue weighted by Gasteiger charge is -2.30. The van der Waals surface area contributed by atoms with E-state index in [0.29, 0.717) is 25.2 Å². The van der Waals surface area contributed by atoms with Gasteiger partial charge in [0, 0.05) is 36.8 Å². The SMILES string of the molecule is COc1ccc(CN)c(OCCN(C(C)C)C(C)C)c1. The highest BCUT2D eigenvalue weighted by molar-refractivity contribution is 5.40. The smallest absolute Gasteiger partial charge is 0.127 e. The van der Waals surface area contributed by atoms with Crippen LogP contribution < -0.4 is 15.2 Å². The Labute approximate surface area is 122 Å². The fourth-order valence-corrected chi connectivity index (χ4v) is 2.34. The average Bonchev–Trinajstić information content (AvgIpc) is 2.42. The van der Waals surface area contributed by atoms with Gasteiger partial charge in [0.15, 0.2) is 0 Å². The molecule has 20 heavy (non-hydrogen) atoms. The molecule has 4 heteroatoms. The number of nitrogens with two attached hydrogens (primary N) is 1. The molecule has 0 bridgehead atoms. The van der Waals surface area contributed by atoms with Gasteiger partial charge in [-0.3, -0.25) is 4.90 Å². The molecule has 0 fully saturated rings. The summed E-state index contributed by atoms with van der Waals surface area (Å²) in [5.41, 5.74) is 6.74. The molecule has 0 aliphatic carbocycles. The highest BCUT2D eigenvalue weighted by Gasteiger charge is 2.13. The zero-order chi connectivity index (χ0) is 15.1. The van der Waals surface area contributed by atoms with Crippen LogP contribution in [0.2, 0.25) is 0 Å². The molecule has 1 rings (SSSR count). The van der Waals surface area contributed by atoms with Crippen molar-refractivity contribution in [2.45, 2.75) is 46.3 Å². The fraction of sp³-hybridized carbons (Fsp3) is 0.625. The highest BCUT2D eigenvalue weighted by atomic mass is 16.5. The molecule has 1 aromatic carbocycles. The maximum atomic E-state index is 5.90. The van der Waals surface area contributed by atoms with E-state index in [1.165, 1.54) is 0 Å². The van der Waals surface area contributed by atoms with E-state index in [9.17, 15) is 0 Å². The van der Waals surface area contributed by atoms with Crippen LogP contribution in [0.5, 0.6) is 11.5 Å². The second-order valence-corrected chi connectivity index (χ2v) is 5.45. The molecule has 0 heterocycles. The number of nitrogens with zero attached hydrogens (tertiary/aromatic N) is 1. The first-order valence-corrected chi connectivity index (χ1v) is 7.25. The highest BCUT2D eigenvalue weighted by Crippen LogP contribution is 2.24. The minimum atomic E-state index is 0.470. The predicted molar refractivity (Wildman–Crippen MR) is 83.4 cm³/mol. The van der Waals surface area contributed by atoms with Gasteiger partial charge < -0.3 is 15.2 Å². The summed E-state index contributed by atoms with van der Waals surface area (Å²) in [6.45, 7) is 10.8. The van der Waals surface area contributed by atoms with Gasteiger partial charge in [-0.05, 0) is 33.8 Å². The summed E-state index contributed by atoms with van der Waals surface area (Å²) in [7, 11) is 1.65. The quantitative estimate of drug-likeness (QED) is 0.795. The second kappa shape index (κ2) is 8.12. The third-order valence-electron chi connectivity index (χ3n) is 3.43. The van der Waals surface area contributed by atoms with Crippen molar-refractivity contribution in [3.63, 3.8) is 0 Å². The zero-order valence-electron chi connectivity index (χ0n) is 13.3. The molecule has 0 amide bonds. The Balaban J connectivity index is 2.64. The van der Waals surface area contributed by atoms with E-state index < -0.39 is 0 Å². The molecular formula is C16H28N2O2. The van der Waals surface area contributed by atoms with Crippen LogP contribution in [0.1, 0.15) is 33.3 Å². The number of ether oxygens (including phenoxy) is 2. The summed E-state index contributed by atoms with van der Waals surface area (Å²) >= 11 is 0. The number of methoxy groups -OCH3 is 1. The Bertz CT molecular complexity index is 397. The molecule has 1 aromatic rings. The van der Waals surface area contributed by atoms with Crippen molar-refractivity contribution in [3.05, 3.63) is 23.8 Å². The molecular weight excluding hydrogens is 252 g/mol. The summed E-state index contributed by atoms with van der Waals surface area (Å²) < 4.78 is 11.1. The molecule has 0 atom stereocenters. The van der Waals surface area contributed by atoms with E-state index in [-0.39, 0.29) is 0 Å². The molecule has 0 aliphatic heterocycles. The monoisotopic (exact) mass is 280 g/mol. The standard InChI is InChI=1S/C16H28N2O2/c1-12(2)18(13(3)4)8-9-20-16-10-15(19-5)7-6-14(16)11-17/h6-7,10,12-13H,8-9,11,17H2,1-5H3. The van der Waals surface area contributed by atoms with Gasteiger partial charge in [0.25, 0.3) is 0 Å². The van der Waals surface area contributed by atoms with E-state index in [1.807, 2.05) is 18.2 Å². The first-order chi connectivity index (χ1) is 9.49. The van der Waals surface area contributed by atoms with Crippen LogP contribution in [0.25, 0.3) is 0 Å². The van der Waals surface area contributed by atoms with Crippen molar-refractivity contribution in [3.8, 4) is 11.5 Å². The minimum Gasteiger partial charge on any atom is -0.497 e. The Morgan fingerprint density at radius 1 is 1.15 bits per heavy atom. The van der Waals surface area contributed by atoms with Crippen molar-refractivity contribution in [2.24, 2.45) is 5.73 Å². The number of benzene rings is 1. The number of hydrogen-bond acceptors (Lipinski definition) is 4. The van der Waals surface area contributed by atoms with E-state index in [4.69, 9.17) is 15.2 Å². The summed E-state index contributed by atoms with van der Waals surface area (Å²) in [6.07, 6.45) is 0. The summed E-state index contributed by atoms with van der Waals surface area (Å²) in [5, 5.41) is 0. The Morgan fingerprint density at radius 2 is 1.80 bits per heavy atom. The van der Waals surface area contributed by atoms with Crippen LogP contribution in [0, 0.1) is 0 Å². The fourth-order valence-electron chi connectivity index (χ4n) is 2.34. The van der Waals surface area contributed by atoms with E-state index >= 15 is 0 Å². The largest absolute Gasteiger partial charge is 0.497 e. The molecule has 0 radical (unpaired) electrons. The van der Waals surface area contributed by atoms with Gasteiger partial charge in [0.2, 0.25) is 0 Å². The van der Waals surface area contributed by atoms with Crippen LogP contribution in [-0.2, 0) is 6.54 Å². The normalized spacial score (nSPS) is 11.4. The molecule has 0 aliphatic rings. The average molecular weight is 280 g/mol. The van der Waals surface area contributed by atoms with Crippen molar-refractivity contribution < 1.29 is 9.47 Å². The Kier molecular flexibility index (Phi) is 6.82. The lowest BCUT2D eigenvalue weighted by molar-refractivity contribution is 0.141. The zero-order valence-corrected chi connectivity index (χ0v) is 13.3. The van der Waals surface area contributed by atoms with Crippen LogP contribution in [0.15, 0.2) is 18.2 Å². The first-order valence-electron chi connectivity index (χ1n) is 7.25. The first kappa shape index (κ1) is 16.8. The lowest BCUT2D eigenvalue weighted by Crippen LogP contribution is -2.39. The van der Waals surface area contributed by atoms with Crippen molar-refractivity contribution in [2.75, 3.05) is 20.3 Å². The number of hydrogen-bond donors (Lipinski definition) is 1. The Hall–Kier alpha value is -1.26. The molecule has 0 unspecified atom stereocenters. The third kappa shape index (κ3) is 4.69. The van der Waals surface area contributed by atoms with Crippen molar-refractivity contribution in [1.29, 1.82) is 0 Å². The molecule has 0 spiro atoms. The van der Waals surface area contributed by atoms with Crippen LogP contribution in [0.4, 0.5) is 0 Å². The van der Waals surface area contributed by atoms with Crippen LogP contribution in [-0.4, -0.2) is 37.2 Å². The molecule has 0 aromatic heterocycles. The van der Waals surface area contributed by atoms with E-state index in [2.05, 4.69) is 32.6 Å². The lowest BCUT2D eigenvalue weighted by atomic mass is 10.2. The second-order valence-electron chi connectivity index (χ2n) is 5.45. The van der Waals surface area contributed by atoms with E-state index in [0.717, 1.165) is 23.6 Å². The Morgan fingerprint density at radius 3 is 2.30 bits per heavy atom. The maximum Gasteiger partial charge on any atom is 0.127 e. The maximum absolute atomic E-state index is 5.90. The molecule has 0 saturated carbocycles. The molecule has 2 N–H and O–H groups in total. The molecule has 0 saturated heterocycles. The van der Waals surface area contributed by atoms with Crippen LogP contribution >= 0.6 is 0 Å². The van der Waals surface area contributed by atoms with Crippen molar-refractivity contribution in [1.82, 2.24) is 4.90 Å². The van der Waals surface area contributed by atoms with Gasteiger partial charge in [-0.15, -0.1) is 0 Å². The summed E-state index contributed by atoms with van der Waals surface area (Å²) in [5.74, 6) is 1.61. The van der Waals surface area contributed by atoms with E-state index in [1.54, 1.807) is 7.11 Å². The van der Waals surface area contributed by atoms with Crippen LogP contribution in [0.3, 0.4) is 0 Å². The number of rotatable bonds is 8. The topological polar surface area (TPSA) is 47.7 Å². The summed E-state index contributed by atoms with van der Waals surface area (Å²) in [4.78, 5) is 2.41. The van der Waals surface area contributed by atoms with Gasteiger partial charge in [-0.1, -0.05) is 6.07 Å². The van der Waals surface area contributed by atoms with Crippen molar-refractivity contribution >= 4 is 0 Å². The van der Waals surface area contributed by atoms with Gasteiger partial charge in [0.05, 0.1) is 7.11 Å². The van der Waals surface area contributed by atoms with Gasteiger partial charge in [0.1, 0.15) is 18.1 Å².